The van der Waals surface area contributed by atoms with Crippen LogP contribution in [-0.2, 0) is 0 Å². The van der Waals surface area contributed by atoms with Gasteiger partial charge in [-0.05, 0) is 11.8 Å². The molecular formula is C6H7F3S. The van der Waals surface area contributed by atoms with Gasteiger partial charge in [0.05, 0.1) is 0 Å². The maximum absolute atomic E-state index is 11.4. The second kappa shape index (κ2) is 3.71. The first kappa shape index (κ1) is 9.62. The van der Waals surface area contributed by atoms with Crippen LogP contribution in [0, 0.1) is 0 Å². The summed E-state index contributed by atoms with van der Waals surface area (Å²) in [5, 5.41) is 0. The fraction of sp³-hybridized carbons (Fsp3) is 0.333. The number of halogens is 3. The van der Waals surface area contributed by atoms with E-state index in [1.54, 1.807) is 6.92 Å². The lowest BCUT2D eigenvalue weighted by Crippen LogP contribution is -1.99. The van der Waals surface area contributed by atoms with E-state index in [-0.39, 0.29) is 6.08 Å². The van der Waals surface area contributed by atoms with Crippen LogP contribution in [0.5, 0.6) is 0 Å². The van der Waals surface area contributed by atoms with Gasteiger partial charge in [-0.25, -0.2) is 0 Å². The van der Waals surface area contributed by atoms with Gasteiger partial charge in [-0.15, -0.1) is 12.6 Å². The van der Waals surface area contributed by atoms with Crippen LogP contribution in [0.4, 0.5) is 13.2 Å². The van der Waals surface area contributed by atoms with Crippen molar-refractivity contribution in [3.63, 3.8) is 0 Å². The van der Waals surface area contributed by atoms with Crippen molar-refractivity contribution in [2.75, 3.05) is 0 Å². The van der Waals surface area contributed by atoms with Crippen LogP contribution < -0.4 is 0 Å². The normalized spacial score (nSPS) is 14.7. The number of allylic oxidation sites excluding steroid dienone is 4. The molecule has 0 fully saturated rings. The topological polar surface area (TPSA) is 0 Å². The first-order valence-corrected chi connectivity index (χ1v) is 2.98. The van der Waals surface area contributed by atoms with Crippen LogP contribution in [0.15, 0.2) is 23.1 Å². The van der Waals surface area contributed by atoms with Crippen molar-refractivity contribution in [1.82, 2.24) is 0 Å². The highest BCUT2D eigenvalue weighted by molar-refractivity contribution is 7.84. The second-order valence-corrected chi connectivity index (χ2v) is 2.41. The van der Waals surface area contributed by atoms with Crippen molar-refractivity contribution in [1.29, 1.82) is 0 Å². The average molecular weight is 168 g/mol. The summed E-state index contributed by atoms with van der Waals surface area (Å²) in [5.41, 5.74) is 0. The zero-order valence-electron chi connectivity index (χ0n) is 5.31. The molecule has 0 aromatic heterocycles. The number of hydrogen-bond donors (Lipinski definition) is 1. The lowest BCUT2D eigenvalue weighted by atomic mass is 10.4. The lowest BCUT2D eigenvalue weighted by Gasteiger charge is -1.94. The van der Waals surface area contributed by atoms with Gasteiger partial charge in [0.15, 0.2) is 0 Å². The van der Waals surface area contributed by atoms with Crippen LogP contribution in [-0.4, -0.2) is 6.18 Å². The molecule has 0 spiro atoms. The average Bonchev–Trinajstić information content (AvgIpc) is 1.59. The first-order chi connectivity index (χ1) is 4.42. The fourth-order valence-corrected chi connectivity index (χ4v) is 0.383. The van der Waals surface area contributed by atoms with Gasteiger partial charge in [-0.1, -0.05) is 12.2 Å². The van der Waals surface area contributed by atoms with Crippen molar-refractivity contribution in [3.8, 4) is 0 Å². The Labute approximate surface area is 62.8 Å². The van der Waals surface area contributed by atoms with E-state index in [2.05, 4.69) is 12.6 Å². The maximum Gasteiger partial charge on any atom is 0.409 e. The SMILES string of the molecule is C/C(S)=C/C=C/C(F)(F)F. The van der Waals surface area contributed by atoms with Crippen molar-refractivity contribution >= 4 is 12.6 Å². The summed E-state index contributed by atoms with van der Waals surface area (Å²) in [6.07, 6.45) is -1.87. The number of alkyl halides is 3. The van der Waals surface area contributed by atoms with Crippen LogP contribution in [0.25, 0.3) is 0 Å². The molecule has 0 atom stereocenters. The van der Waals surface area contributed by atoms with E-state index in [1.165, 1.54) is 6.08 Å². The molecule has 0 aromatic rings. The number of hydrogen-bond acceptors (Lipinski definition) is 1. The minimum Gasteiger partial charge on any atom is -0.167 e. The number of rotatable bonds is 1. The molecule has 0 aliphatic heterocycles. The van der Waals surface area contributed by atoms with Crippen LogP contribution >= 0.6 is 12.6 Å². The van der Waals surface area contributed by atoms with Crippen molar-refractivity contribution in [2.24, 2.45) is 0 Å². The first-order valence-electron chi connectivity index (χ1n) is 2.53. The zero-order chi connectivity index (χ0) is 8.20. The van der Waals surface area contributed by atoms with Crippen LogP contribution in [0.1, 0.15) is 6.92 Å². The Morgan fingerprint density at radius 2 is 1.90 bits per heavy atom. The van der Waals surface area contributed by atoms with Gasteiger partial charge < -0.3 is 0 Å². The molecule has 0 aliphatic rings. The highest BCUT2D eigenvalue weighted by Crippen LogP contribution is 2.16. The van der Waals surface area contributed by atoms with Gasteiger partial charge in [0.1, 0.15) is 0 Å². The summed E-state index contributed by atoms with van der Waals surface area (Å²) in [6.45, 7) is 1.60. The summed E-state index contributed by atoms with van der Waals surface area (Å²) in [6, 6.07) is 0. The summed E-state index contributed by atoms with van der Waals surface area (Å²) < 4.78 is 34.1. The molecule has 0 rings (SSSR count). The fourth-order valence-electron chi connectivity index (χ4n) is 0.296. The highest BCUT2D eigenvalue weighted by Gasteiger charge is 2.21. The van der Waals surface area contributed by atoms with Gasteiger partial charge in [0, 0.05) is 6.08 Å². The minimum absolute atomic E-state index is 0.159. The van der Waals surface area contributed by atoms with Crippen LogP contribution in [0.2, 0.25) is 0 Å². The monoisotopic (exact) mass is 168 g/mol. The van der Waals surface area contributed by atoms with Crippen molar-refractivity contribution in [2.45, 2.75) is 13.1 Å². The molecule has 10 heavy (non-hydrogen) atoms. The van der Waals surface area contributed by atoms with Gasteiger partial charge in [0.2, 0.25) is 0 Å². The smallest absolute Gasteiger partial charge is 0.167 e. The molecule has 0 radical (unpaired) electrons. The lowest BCUT2D eigenvalue weighted by molar-refractivity contribution is -0.0798. The largest absolute Gasteiger partial charge is 0.409 e. The Kier molecular flexibility index (Phi) is 3.57. The molecule has 0 aliphatic carbocycles. The van der Waals surface area contributed by atoms with Gasteiger partial charge >= 0.3 is 6.18 Å². The van der Waals surface area contributed by atoms with E-state index >= 15 is 0 Å². The summed E-state index contributed by atoms with van der Waals surface area (Å²) in [7, 11) is 0. The predicted octanol–water partition coefficient (Wildman–Crippen LogP) is 2.94. The molecule has 0 aromatic carbocycles. The molecule has 0 N–H and O–H groups in total. The van der Waals surface area contributed by atoms with E-state index in [0.717, 1.165) is 6.08 Å². The van der Waals surface area contributed by atoms with E-state index in [0.29, 0.717) is 4.91 Å². The van der Waals surface area contributed by atoms with Crippen molar-refractivity contribution < 1.29 is 13.2 Å². The summed E-state index contributed by atoms with van der Waals surface area (Å²) in [4.78, 5) is 0.542. The zero-order valence-corrected chi connectivity index (χ0v) is 6.21. The van der Waals surface area contributed by atoms with Crippen LogP contribution in [0.3, 0.4) is 0 Å². The van der Waals surface area contributed by atoms with E-state index in [1.807, 2.05) is 0 Å². The summed E-state index contributed by atoms with van der Waals surface area (Å²) in [5.74, 6) is 0. The number of thiol groups is 1. The Morgan fingerprint density at radius 1 is 1.40 bits per heavy atom. The van der Waals surface area contributed by atoms with Crippen molar-refractivity contribution in [3.05, 3.63) is 23.1 Å². The second-order valence-electron chi connectivity index (χ2n) is 1.71. The van der Waals surface area contributed by atoms with Gasteiger partial charge in [-0.3, -0.25) is 0 Å². The quantitative estimate of drug-likeness (QED) is 0.451. The third-order valence-electron chi connectivity index (χ3n) is 0.623. The Bertz CT molecular complexity index is 151. The third kappa shape index (κ3) is 7.62. The Balaban J connectivity index is 3.90. The molecule has 0 nitrogen and oxygen atoms in total. The molecule has 0 saturated heterocycles. The molecule has 58 valence electrons. The molecular weight excluding hydrogens is 161 g/mol. The third-order valence-corrected chi connectivity index (χ3v) is 0.772. The highest BCUT2D eigenvalue weighted by atomic mass is 32.1. The minimum atomic E-state index is -4.22. The molecule has 0 saturated carbocycles. The molecule has 4 heteroatoms. The standard InChI is InChI=1S/C6H7F3S/c1-5(10)3-2-4-6(7,8)9/h2-4,10H,1H3/b4-2+,5-3-. The molecule has 0 bridgehead atoms. The van der Waals surface area contributed by atoms with Gasteiger partial charge in [-0.2, -0.15) is 13.2 Å². The van der Waals surface area contributed by atoms with E-state index in [4.69, 9.17) is 0 Å². The molecule has 0 unspecified atom stereocenters. The van der Waals surface area contributed by atoms with E-state index in [9.17, 15) is 13.2 Å². The van der Waals surface area contributed by atoms with Gasteiger partial charge in [0.25, 0.3) is 0 Å². The Morgan fingerprint density at radius 3 is 2.20 bits per heavy atom. The Hall–Kier alpha value is -0.380. The summed E-state index contributed by atoms with van der Waals surface area (Å²) >= 11 is 3.77. The van der Waals surface area contributed by atoms with E-state index < -0.39 is 6.18 Å². The maximum atomic E-state index is 11.4. The molecule has 0 amide bonds. The molecule has 0 heterocycles. The predicted molar refractivity (Wildman–Crippen MR) is 37.9 cm³/mol.